The van der Waals surface area contributed by atoms with Gasteiger partial charge < -0.3 is 20.3 Å². The highest BCUT2D eigenvalue weighted by Gasteiger charge is 2.35. The summed E-state index contributed by atoms with van der Waals surface area (Å²) in [5.41, 5.74) is 0.567. The maximum atomic E-state index is 13.2. The van der Waals surface area contributed by atoms with Crippen molar-refractivity contribution in [3.63, 3.8) is 0 Å². The highest BCUT2D eigenvalue weighted by molar-refractivity contribution is 5.92. The predicted molar refractivity (Wildman–Crippen MR) is 119 cm³/mol. The molecule has 0 radical (unpaired) electrons. The van der Waals surface area contributed by atoms with Gasteiger partial charge in [-0.2, -0.15) is 5.26 Å². The summed E-state index contributed by atoms with van der Waals surface area (Å²) < 4.78 is 5.20. The minimum absolute atomic E-state index is 0.172. The highest BCUT2D eigenvalue weighted by Crippen LogP contribution is 2.24. The quantitative estimate of drug-likeness (QED) is 0.618. The van der Waals surface area contributed by atoms with Crippen LogP contribution < -0.4 is 10.6 Å². The van der Waals surface area contributed by atoms with E-state index in [4.69, 9.17) is 4.74 Å². The highest BCUT2D eigenvalue weighted by atomic mass is 16.6. The van der Waals surface area contributed by atoms with Crippen molar-refractivity contribution in [3.8, 4) is 6.07 Å². The lowest BCUT2D eigenvalue weighted by atomic mass is 10.0. The molecule has 0 fully saturated rings. The molecule has 0 spiro atoms. The molecule has 0 aliphatic carbocycles. The molecule has 0 saturated heterocycles. The summed E-state index contributed by atoms with van der Waals surface area (Å²) in [7, 11) is 0. The van der Waals surface area contributed by atoms with Gasteiger partial charge in [0.15, 0.2) is 0 Å². The van der Waals surface area contributed by atoms with Crippen LogP contribution in [0.2, 0.25) is 0 Å². The molecular weight excluding hydrogens is 396 g/mol. The second kappa shape index (κ2) is 11.2. The van der Waals surface area contributed by atoms with Crippen LogP contribution in [0.5, 0.6) is 0 Å². The van der Waals surface area contributed by atoms with E-state index in [1.54, 1.807) is 58.9 Å². The van der Waals surface area contributed by atoms with Crippen LogP contribution in [0.1, 0.15) is 58.7 Å². The van der Waals surface area contributed by atoms with Crippen molar-refractivity contribution >= 4 is 24.0 Å². The number of benzene rings is 1. The first kappa shape index (κ1) is 25.7. The minimum Gasteiger partial charge on any atom is -0.444 e. The van der Waals surface area contributed by atoms with Gasteiger partial charge in [0, 0.05) is 6.04 Å². The zero-order valence-electron chi connectivity index (χ0n) is 19.1. The molecule has 2 atom stereocenters. The SMILES string of the molecule is C=Cc1cccc(C(C(=O)NC(C)C)N(CC#N)C(=O)C(C)NC(=O)OC(C)(C)C)c1. The zero-order valence-corrected chi connectivity index (χ0v) is 19.1. The Labute approximate surface area is 184 Å². The average molecular weight is 429 g/mol. The third-order valence-electron chi connectivity index (χ3n) is 4.08. The number of rotatable bonds is 8. The van der Waals surface area contributed by atoms with Crippen molar-refractivity contribution in [1.29, 1.82) is 5.26 Å². The number of carbonyl (C=O) groups is 3. The lowest BCUT2D eigenvalue weighted by molar-refractivity contribution is -0.141. The van der Waals surface area contributed by atoms with E-state index in [0.29, 0.717) is 5.56 Å². The molecular formula is C23H32N4O4. The van der Waals surface area contributed by atoms with E-state index in [1.807, 2.05) is 12.1 Å². The van der Waals surface area contributed by atoms with E-state index in [9.17, 15) is 19.6 Å². The van der Waals surface area contributed by atoms with Crippen LogP contribution in [-0.4, -0.2) is 47.0 Å². The Hall–Kier alpha value is -3.34. The molecule has 2 unspecified atom stereocenters. The Morgan fingerprint density at radius 3 is 2.39 bits per heavy atom. The second-order valence-electron chi connectivity index (χ2n) is 8.43. The minimum atomic E-state index is -1.06. The molecule has 2 N–H and O–H groups in total. The van der Waals surface area contributed by atoms with Gasteiger partial charge in [0.05, 0.1) is 6.07 Å². The maximum Gasteiger partial charge on any atom is 0.408 e. The number of hydrogen-bond acceptors (Lipinski definition) is 5. The number of amides is 3. The van der Waals surface area contributed by atoms with Crippen molar-refractivity contribution in [1.82, 2.24) is 15.5 Å². The molecule has 8 heteroatoms. The summed E-state index contributed by atoms with van der Waals surface area (Å²) >= 11 is 0. The van der Waals surface area contributed by atoms with Crippen LogP contribution in [0.25, 0.3) is 6.08 Å². The Morgan fingerprint density at radius 1 is 1.23 bits per heavy atom. The topological polar surface area (TPSA) is 112 Å². The standard InChI is InChI=1S/C23H32N4O4/c1-8-17-10-9-11-18(14-17)19(20(28)25-15(2)3)27(13-12-24)21(29)16(4)26-22(30)31-23(5,6)7/h8-11,14-16,19H,1,13H2,2-7H3,(H,25,28)(H,26,30). The van der Waals surface area contributed by atoms with E-state index in [1.165, 1.54) is 6.92 Å². The summed E-state index contributed by atoms with van der Waals surface area (Å²) in [6, 6.07) is 6.71. The molecule has 0 aliphatic heterocycles. The van der Waals surface area contributed by atoms with Crippen molar-refractivity contribution in [3.05, 3.63) is 42.0 Å². The third kappa shape index (κ3) is 8.13. The Bertz CT molecular complexity index is 852. The summed E-state index contributed by atoms with van der Waals surface area (Å²) in [4.78, 5) is 39.5. The Kier molecular flexibility index (Phi) is 9.25. The fraction of sp³-hybridized carbons (Fsp3) is 0.478. The summed E-state index contributed by atoms with van der Waals surface area (Å²) in [6.07, 6.45) is 0.867. The first-order valence-corrected chi connectivity index (χ1v) is 10.1. The van der Waals surface area contributed by atoms with Gasteiger partial charge in [-0.25, -0.2) is 4.79 Å². The van der Waals surface area contributed by atoms with E-state index >= 15 is 0 Å². The molecule has 0 aromatic heterocycles. The number of carbonyl (C=O) groups excluding carboxylic acids is 3. The lowest BCUT2D eigenvalue weighted by Crippen LogP contribution is -2.52. The molecule has 1 aromatic carbocycles. The zero-order chi connectivity index (χ0) is 23.8. The predicted octanol–water partition coefficient (Wildman–Crippen LogP) is 3.16. The lowest BCUT2D eigenvalue weighted by Gasteiger charge is -2.32. The van der Waals surface area contributed by atoms with E-state index < -0.39 is 35.6 Å². The van der Waals surface area contributed by atoms with Gasteiger partial charge in [-0.1, -0.05) is 30.9 Å². The van der Waals surface area contributed by atoms with Gasteiger partial charge in [0.1, 0.15) is 24.2 Å². The number of alkyl carbamates (subject to hydrolysis) is 1. The third-order valence-corrected chi connectivity index (χ3v) is 4.08. The molecule has 0 heterocycles. The normalized spacial score (nSPS) is 12.8. The fourth-order valence-electron chi connectivity index (χ4n) is 2.86. The Balaban J connectivity index is 3.29. The average Bonchev–Trinajstić information content (AvgIpc) is 2.65. The van der Waals surface area contributed by atoms with E-state index in [2.05, 4.69) is 17.2 Å². The van der Waals surface area contributed by atoms with Crippen molar-refractivity contribution in [2.24, 2.45) is 0 Å². The molecule has 0 saturated carbocycles. The molecule has 3 amide bonds. The van der Waals surface area contributed by atoms with Crippen molar-refractivity contribution in [2.45, 2.75) is 65.3 Å². The number of hydrogen-bond donors (Lipinski definition) is 2. The number of nitriles is 1. The molecule has 1 aromatic rings. The number of ether oxygens (including phenoxy) is 1. The molecule has 31 heavy (non-hydrogen) atoms. The molecule has 1 rings (SSSR count). The maximum absolute atomic E-state index is 13.2. The largest absolute Gasteiger partial charge is 0.444 e. The van der Waals surface area contributed by atoms with Gasteiger partial charge in [0.2, 0.25) is 11.8 Å². The number of nitrogens with zero attached hydrogens (tertiary/aromatic N) is 2. The molecule has 168 valence electrons. The van der Waals surface area contributed by atoms with Gasteiger partial charge in [0.25, 0.3) is 0 Å². The van der Waals surface area contributed by atoms with Crippen molar-refractivity contribution in [2.75, 3.05) is 6.54 Å². The molecule has 0 aliphatic rings. The van der Waals surface area contributed by atoms with Crippen LogP contribution in [0, 0.1) is 11.3 Å². The van der Waals surface area contributed by atoms with Crippen LogP contribution in [0.3, 0.4) is 0 Å². The van der Waals surface area contributed by atoms with E-state index in [0.717, 1.165) is 10.5 Å². The van der Waals surface area contributed by atoms with Gasteiger partial charge in [-0.15, -0.1) is 0 Å². The first-order chi connectivity index (χ1) is 14.4. The van der Waals surface area contributed by atoms with Crippen LogP contribution in [0.4, 0.5) is 4.79 Å². The van der Waals surface area contributed by atoms with Crippen LogP contribution in [-0.2, 0) is 14.3 Å². The van der Waals surface area contributed by atoms with Gasteiger partial charge >= 0.3 is 6.09 Å². The van der Waals surface area contributed by atoms with Gasteiger partial charge in [-0.3, -0.25) is 9.59 Å². The monoisotopic (exact) mass is 428 g/mol. The van der Waals surface area contributed by atoms with Gasteiger partial charge in [-0.05, 0) is 58.7 Å². The van der Waals surface area contributed by atoms with Crippen molar-refractivity contribution < 1.29 is 19.1 Å². The summed E-state index contributed by atoms with van der Waals surface area (Å²) in [5, 5.41) is 14.6. The summed E-state index contributed by atoms with van der Waals surface area (Å²) in [6.45, 7) is 13.6. The number of nitrogens with one attached hydrogen (secondary N) is 2. The smallest absolute Gasteiger partial charge is 0.408 e. The van der Waals surface area contributed by atoms with Crippen LogP contribution >= 0.6 is 0 Å². The summed E-state index contributed by atoms with van der Waals surface area (Å²) in [5.74, 6) is -1.01. The second-order valence-corrected chi connectivity index (χ2v) is 8.43. The molecule has 8 nitrogen and oxygen atoms in total. The van der Waals surface area contributed by atoms with E-state index in [-0.39, 0.29) is 12.6 Å². The fourth-order valence-corrected chi connectivity index (χ4v) is 2.86. The first-order valence-electron chi connectivity index (χ1n) is 10.1. The Morgan fingerprint density at radius 2 is 1.87 bits per heavy atom. The van der Waals surface area contributed by atoms with Crippen LogP contribution in [0.15, 0.2) is 30.8 Å². The molecule has 0 bridgehead atoms.